The number of hydrogen-bond donors (Lipinski definition) is 2. The topological polar surface area (TPSA) is 82.9 Å². The van der Waals surface area contributed by atoms with Crippen LogP contribution in [0.3, 0.4) is 0 Å². The van der Waals surface area contributed by atoms with Gasteiger partial charge in [-0.05, 0) is 25.3 Å². The number of aliphatic hydroxyl groups is 1. The number of carbonyl (C=O) groups is 1. The van der Waals surface area contributed by atoms with E-state index in [1.807, 2.05) is 6.07 Å². The molecule has 27 heavy (non-hydrogen) atoms. The first-order valence-electron chi connectivity index (χ1n) is 10.3. The van der Waals surface area contributed by atoms with Gasteiger partial charge in [0.2, 0.25) is 0 Å². The lowest BCUT2D eigenvalue weighted by molar-refractivity contribution is 0.0264. The van der Waals surface area contributed by atoms with E-state index in [0.717, 1.165) is 43.9 Å². The number of hydrogen-bond acceptors (Lipinski definition) is 5. The van der Waals surface area contributed by atoms with Gasteiger partial charge >= 0.3 is 0 Å². The van der Waals surface area contributed by atoms with Gasteiger partial charge in [-0.1, -0.05) is 33.6 Å². The molecule has 1 saturated heterocycles. The van der Waals surface area contributed by atoms with Crippen molar-refractivity contribution in [3.05, 3.63) is 23.2 Å². The minimum atomic E-state index is -0.518. The van der Waals surface area contributed by atoms with Gasteiger partial charge in [0.05, 0.1) is 0 Å². The van der Waals surface area contributed by atoms with Crippen LogP contribution in [0.15, 0.2) is 10.5 Å². The van der Waals surface area contributed by atoms with Crippen LogP contribution in [0.4, 0.5) is 0 Å². The molecule has 6 nitrogen and oxygen atoms in total. The lowest BCUT2D eigenvalue weighted by Crippen LogP contribution is -2.56. The van der Waals surface area contributed by atoms with E-state index in [0.29, 0.717) is 12.1 Å². The molecule has 152 valence electrons. The zero-order valence-electron chi connectivity index (χ0n) is 17.0. The van der Waals surface area contributed by atoms with Crippen molar-refractivity contribution in [1.82, 2.24) is 9.80 Å². The largest absolute Gasteiger partial charge is 0.455 e. The molecular formula is C21H35N3O3. The quantitative estimate of drug-likeness (QED) is 0.796. The third-order valence-electron chi connectivity index (χ3n) is 6.00. The minimum Gasteiger partial charge on any atom is -0.455 e. The maximum atomic E-state index is 11.6. The smallest absolute Gasteiger partial charge is 0.284 e. The molecule has 1 aliphatic heterocycles. The normalized spacial score (nSPS) is 23.2. The van der Waals surface area contributed by atoms with Crippen LogP contribution >= 0.6 is 0 Å². The Morgan fingerprint density at radius 3 is 2.59 bits per heavy atom. The van der Waals surface area contributed by atoms with E-state index >= 15 is 0 Å². The van der Waals surface area contributed by atoms with Crippen molar-refractivity contribution < 1.29 is 14.3 Å². The molecule has 2 fully saturated rings. The average molecular weight is 378 g/mol. The van der Waals surface area contributed by atoms with Crippen LogP contribution in [0, 0.1) is 0 Å². The average Bonchev–Trinajstić information content (AvgIpc) is 3.24. The summed E-state index contributed by atoms with van der Waals surface area (Å²) < 4.78 is 5.81. The van der Waals surface area contributed by atoms with Gasteiger partial charge in [0.25, 0.3) is 5.91 Å². The standard InChI is InChI=1S/C21H35N3O3/c1-21(2,3)19-15(12-18(27-19)20(22)26)13-23-9-10-24(16-6-4-5-7-16)17(14-23)8-11-25/h12,16-17,25H,4-11,13-14H2,1-3H3,(H2,22,26)/t17-/m1/s1. The predicted molar refractivity (Wildman–Crippen MR) is 106 cm³/mol. The Hall–Kier alpha value is -1.37. The molecule has 6 heteroatoms. The summed E-state index contributed by atoms with van der Waals surface area (Å²) in [6.07, 6.45) is 6.06. The molecule has 1 saturated carbocycles. The maximum Gasteiger partial charge on any atom is 0.284 e. The van der Waals surface area contributed by atoms with E-state index in [1.54, 1.807) is 0 Å². The van der Waals surface area contributed by atoms with Gasteiger partial charge in [-0.2, -0.15) is 0 Å². The van der Waals surface area contributed by atoms with Gasteiger partial charge in [0.15, 0.2) is 5.76 Å². The van der Waals surface area contributed by atoms with Crippen LogP contribution in [0.1, 0.15) is 74.8 Å². The molecule has 2 heterocycles. The van der Waals surface area contributed by atoms with E-state index in [2.05, 4.69) is 30.6 Å². The van der Waals surface area contributed by atoms with E-state index < -0.39 is 5.91 Å². The predicted octanol–water partition coefficient (Wildman–Crippen LogP) is 2.49. The first-order chi connectivity index (χ1) is 12.8. The number of piperazine rings is 1. The van der Waals surface area contributed by atoms with Crippen molar-refractivity contribution in [2.75, 3.05) is 26.2 Å². The summed E-state index contributed by atoms with van der Waals surface area (Å²) in [6, 6.07) is 2.89. The molecule has 0 aromatic carbocycles. The molecular weight excluding hydrogens is 342 g/mol. The van der Waals surface area contributed by atoms with Crippen LogP contribution in [0.25, 0.3) is 0 Å². The second-order valence-corrected chi connectivity index (χ2v) is 9.16. The Morgan fingerprint density at radius 1 is 1.30 bits per heavy atom. The maximum absolute atomic E-state index is 11.6. The lowest BCUT2D eigenvalue weighted by Gasteiger charge is -2.44. The van der Waals surface area contributed by atoms with Crippen LogP contribution in [0.2, 0.25) is 0 Å². The van der Waals surface area contributed by atoms with Gasteiger partial charge in [0, 0.05) is 55.8 Å². The number of carbonyl (C=O) groups excluding carboxylic acids is 1. The zero-order valence-corrected chi connectivity index (χ0v) is 17.0. The third kappa shape index (κ3) is 4.73. The highest BCUT2D eigenvalue weighted by atomic mass is 16.4. The highest BCUT2D eigenvalue weighted by molar-refractivity contribution is 5.90. The summed E-state index contributed by atoms with van der Waals surface area (Å²) in [5.74, 6) is 0.565. The first-order valence-corrected chi connectivity index (χ1v) is 10.3. The Kier molecular flexibility index (Phi) is 6.28. The summed E-state index contributed by atoms with van der Waals surface area (Å²) in [4.78, 5) is 16.7. The summed E-state index contributed by atoms with van der Waals surface area (Å²) in [5, 5.41) is 9.56. The molecule has 2 aliphatic rings. The molecule has 0 spiro atoms. The van der Waals surface area contributed by atoms with E-state index in [9.17, 15) is 9.90 Å². The van der Waals surface area contributed by atoms with Crippen molar-refractivity contribution in [1.29, 1.82) is 0 Å². The van der Waals surface area contributed by atoms with Crippen LogP contribution < -0.4 is 5.73 Å². The van der Waals surface area contributed by atoms with Crippen molar-refractivity contribution in [3.8, 4) is 0 Å². The number of rotatable bonds is 6. The molecule has 0 bridgehead atoms. The molecule has 3 rings (SSSR count). The monoisotopic (exact) mass is 377 g/mol. The van der Waals surface area contributed by atoms with Crippen LogP contribution in [-0.2, 0) is 12.0 Å². The first kappa shape index (κ1) is 20.4. The Bertz CT molecular complexity index is 644. The lowest BCUT2D eigenvalue weighted by atomic mass is 9.90. The molecule has 0 unspecified atom stereocenters. The van der Waals surface area contributed by atoms with Gasteiger partial charge in [-0.15, -0.1) is 0 Å². The Balaban J connectivity index is 1.73. The summed E-state index contributed by atoms with van der Waals surface area (Å²) in [5.41, 5.74) is 6.31. The van der Waals surface area contributed by atoms with Crippen molar-refractivity contribution >= 4 is 5.91 Å². The van der Waals surface area contributed by atoms with Crippen molar-refractivity contribution in [2.24, 2.45) is 5.73 Å². The second kappa shape index (κ2) is 8.33. The SMILES string of the molecule is CC(C)(C)c1oc(C(N)=O)cc1CN1CCN(C2CCCC2)[C@H](CCO)C1. The number of nitrogens with zero attached hydrogens (tertiary/aromatic N) is 2. The van der Waals surface area contributed by atoms with E-state index in [1.165, 1.54) is 25.7 Å². The minimum absolute atomic E-state index is 0.181. The second-order valence-electron chi connectivity index (χ2n) is 9.16. The molecule has 1 aromatic rings. The summed E-state index contributed by atoms with van der Waals surface area (Å²) in [6.45, 7) is 10.2. The molecule has 0 radical (unpaired) electrons. The van der Waals surface area contributed by atoms with E-state index in [-0.39, 0.29) is 17.8 Å². The van der Waals surface area contributed by atoms with Crippen molar-refractivity contribution in [3.63, 3.8) is 0 Å². The molecule has 1 aromatic heterocycles. The van der Waals surface area contributed by atoms with Gasteiger partial charge in [-0.3, -0.25) is 14.6 Å². The Morgan fingerprint density at radius 2 is 2.00 bits per heavy atom. The van der Waals surface area contributed by atoms with Gasteiger partial charge < -0.3 is 15.3 Å². The summed E-state index contributed by atoms with van der Waals surface area (Å²) >= 11 is 0. The third-order valence-corrected chi connectivity index (χ3v) is 6.00. The van der Waals surface area contributed by atoms with Gasteiger partial charge in [0.1, 0.15) is 5.76 Å². The number of primary amides is 1. The Labute approximate surface area is 162 Å². The molecule has 1 amide bonds. The fraction of sp³-hybridized carbons (Fsp3) is 0.762. The van der Waals surface area contributed by atoms with Crippen molar-refractivity contribution in [2.45, 2.75) is 76.9 Å². The zero-order chi connectivity index (χ0) is 19.6. The number of furan rings is 1. The summed E-state index contributed by atoms with van der Waals surface area (Å²) in [7, 11) is 0. The fourth-order valence-electron chi connectivity index (χ4n) is 4.74. The highest BCUT2D eigenvalue weighted by Crippen LogP contribution is 2.32. The molecule has 3 N–H and O–H groups in total. The molecule has 1 atom stereocenters. The number of nitrogens with two attached hydrogens (primary N) is 1. The molecule has 1 aliphatic carbocycles. The van der Waals surface area contributed by atoms with Crippen LogP contribution in [0.5, 0.6) is 0 Å². The van der Waals surface area contributed by atoms with Crippen LogP contribution in [-0.4, -0.2) is 59.1 Å². The van der Waals surface area contributed by atoms with E-state index in [4.69, 9.17) is 10.2 Å². The number of amides is 1. The fourth-order valence-corrected chi connectivity index (χ4v) is 4.74. The van der Waals surface area contributed by atoms with Gasteiger partial charge in [-0.25, -0.2) is 0 Å². The highest BCUT2D eigenvalue weighted by Gasteiger charge is 2.34. The number of aliphatic hydroxyl groups excluding tert-OH is 1.